The summed E-state index contributed by atoms with van der Waals surface area (Å²) in [6, 6.07) is 3.16. The number of aromatic nitrogens is 2. The highest BCUT2D eigenvalue weighted by Gasteiger charge is 2.22. The molecule has 8 heteroatoms. The van der Waals surface area contributed by atoms with E-state index in [2.05, 4.69) is 47.1 Å². The number of phenolic OH excluding ortho intramolecular Hbond substituents is 1. The number of hydrogen-bond donors (Lipinski definition) is 2. The van der Waals surface area contributed by atoms with Gasteiger partial charge in [0, 0.05) is 11.1 Å². The molecule has 1 amide bonds. The smallest absolute Gasteiger partial charge is 0.275 e. The second kappa shape index (κ2) is 6.75. The van der Waals surface area contributed by atoms with Crippen molar-refractivity contribution in [3.8, 4) is 5.75 Å². The van der Waals surface area contributed by atoms with Gasteiger partial charge in [-0.3, -0.25) is 9.78 Å². The molecule has 0 unspecified atom stereocenters. The van der Waals surface area contributed by atoms with E-state index < -0.39 is 5.91 Å². The summed E-state index contributed by atoms with van der Waals surface area (Å²) in [7, 11) is 0. The predicted octanol–water partition coefficient (Wildman–Crippen LogP) is 4.91. The number of anilines is 1. The standard InChI is InChI=1S/C15H14Br2ClN3O2/c1-15(2,3)12-13(18)21-10(6-19-12)14(23)20-7-4-8(16)11(22)9(17)5-7/h4-6,22H,1-3H3,(H,20,23). The molecule has 0 atom stereocenters. The van der Waals surface area contributed by atoms with E-state index >= 15 is 0 Å². The maximum Gasteiger partial charge on any atom is 0.275 e. The van der Waals surface area contributed by atoms with Crippen LogP contribution in [0.25, 0.3) is 0 Å². The van der Waals surface area contributed by atoms with E-state index in [-0.39, 0.29) is 22.0 Å². The number of phenols is 1. The number of carbonyl (C=O) groups is 1. The Labute approximate surface area is 155 Å². The van der Waals surface area contributed by atoms with E-state index in [1.54, 1.807) is 12.1 Å². The lowest BCUT2D eigenvalue weighted by atomic mass is 9.92. The van der Waals surface area contributed by atoms with Crippen LogP contribution in [-0.4, -0.2) is 21.0 Å². The second-order valence-corrected chi connectivity index (χ2v) is 7.95. The third-order valence-electron chi connectivity index (χ3n) is 2.95. The van der Waals surface area contributed by atoms with Crippen molar-refractivity contribution in [2.24, 2.45) is 0 Å². The monoisotopic (exact) mass is 461 g/mol. The Balaban J connectivity index is 2.27. The molecule has 0 bridgehead atoms. The Morgan fingerprint density at radius 2 is 1.83 bits per heavy atom. The van der Waals surface area contributed by atoms with Crippen molar-refractivity contribution in [1.82, 2.24) is 9.97 Å². The molecule has 0 aliphatic rings. The fourth-order valence-electron chi connectivity index (χ4n) is 1.81. The lowest BCUT2D eigenvalue weighted by Gasteiger charge is -2.18. The topological polar surface area (TPSA) is 75.1 Å². The fourth-order valence-corrected chi connectivity index (χ4v) is 3.42. The zero-order valence-corrected chi connectivity index (χ0v) is 16.5. The highest BCUT2D eigenvalue weighted by molar-refractivity contribution is 9.11. The third-order valence-corrected chi connectivity index (χ3v) is 4.42. The quantitative estimate of drug-likeness (QED) is 0.621. The Morgan fingerprint density at radius 3 is 2.30 bits per heavy atom. The molecule has 0 saturated heterocycles. The maximum absolute atomic E-state index is 12.3. The zero-order chi connectivity index (χ0) is 17.4. The van der Waals surface area contributed by atoms with Crippen LogP contribution in [0.5, 0.6) is 5.75 Å². The number of halogens is 3. The van der Waals surface area contributed by atoms with Gasteiger partial charge in [-0.1, -0.05) is 32.4 Å². The summed E-state index contributed by atoms with van der Waals surface area (Å²) in [5.74, 6) is -0.385. The van der Waals surface area contributed by atoms with Gasteiger partial charge in [0.25, 0.3) is 5.91 Å². The van der Waals surface area contributed by atoms with Crippen LogP contribution in [0.3, 0.4) is 0 Å². The van der Waals surface area contributed by atoms with Crippen LogP contribution in [0.15, 0.2) is 27.3 Å². The molecule has 0 fully saturated rings. The molecule has 2 rings (SSSR count). The molecule has 0 spiro atoms. The summed E-state index contributed by atoms with van der Waals surface area (Å²) >= 11 is 12.5. The molecule has 23 heavy (non-hydrogen) atoms. The van der Waals surface area contributed by atoms with Gasteiger partial charge in [0.05, 0.1) is 20.8 Å². The van der Waals surface area contributed by atoms with Crippen LogP contribution in [0.2, 0.25) is 5.15 Å². The van der Waals surface area contributed by atoms with Crippen molar-refractivity contribution < 1.29 is 9.90 Å². The number of aromatic hydroxyl groups is 1. The summed E-state index contributed by atoms with van der Waals surface area (Å²) < 4.78 is 0.906. The molecule has 0 saturated carbocycles. The Morgan fingerprint density at radius 1 is 1.26 bits per heavy atom. The third kappa shape index (κ3) is 4.22. The van der Waals surface area contributed by atoms with Crippen LogP contribution < -0.4 is 5.32 Å². The number of nitrogens with one attached hydrogen (secondary N) is 1. The minimum absolute atomic E-state index is 0.0559. The molecule has 0 radical (unpaired) electrons. The molecule has 0 aliphatic heterocycles. The van der Waals surface area contributed by atoms with E-state index in [1.807, 2.05) is 20.8 Å². The van der Waals surface area contributed by atoms with Crippen molar-refractivity contribution in [2.75, 3.05) is 5.32 Å². The van der Waals surface area contributed by atoms with Crippen LogP contribution >= 0.6 is 43.5 Å². The van der Waals surface area contributed by atoms with Crippen LogP contribution in [0.4, 0.5) is 5.69 Å². The summed E-state index contributed by atoms with van der Waals surface area (Å²) in [4.78, 5) is 20.6. The average Bonchev–Trinajstić information content (AvgIpc) is 2.43. The van der Waals surface area contributed by atoms with E-state index in [0.29, 0.717) is 20.3 Å². The van der Waals surface area contributed by atoms with Crippen molar-refractivity contribution in [3.63, 3.8) is 0 Å². The highest BCUT2D eigenvalue weighted by atomic mass is 79.9. The van der Waals surface area contributed by atoms with E-state index in [1.165, 1.54) is 6.20 Å². The van der Waals surface area contributed by atoms with E-state index in [0.717, 1.165) is 0 Å². The number of carbonyl (C=O) groups excluding carboxylic acids is 1. The normalized spacial score (nSPS) is 11.4. The first-order chi connectivity index (χ1) is 10.6. The molecular weight excluding hydrogens is 449 g/mol. The number of benzene rings is 1. The van der Waals surface area contributed by atoms with Gasteiger partial charge >= 0.3 is 0 Å². The van der Waals surface area contributed by atoms with Crippen molar-refractivity contribution >= 4 is 55.1 Å². The van der Waals surface area contributed by atoms with Crippen LogP contribution in [0.1, 0.15) is 37.0 Å². The first-order valence-corrected chi connectivity index (χ1v) is 8.58. The first-order valence-electron chi connectivity index (χ1n) is 6.62. The van der Waals surface area contributed by atoms with E-state index in [4.69, 9.17) is 11.6 Å². The SMILES string of the molecule is CC(C)(C)c1ncc(C(=O)Nc2cc(Br)c(O)c(Br)c2)nc1Cl. The summed E-state index contributed by atoms with van der Waals surface area (Å²) in [6.07, 6.45) is 1.40. The number of rotatable bonds is 2. The molecule has 2 aromatic rings. The molecule has 1 aromatic carbocycles. The first kappa shape index (κ1) is 18.2. The Kier molecular flexibility index (Phi) is 5.33. The van der Waals surface area contributed by atoms with Crippen molar-refractivity contribution in [2.45, 2.75) is 26.2 Å². The lowest BCUT2D eigenvalue weighted by Crippen LogP contribution is -2.19. The predicted molar refractivity (Wildman–Crippen MR) is 97.2 cm³/mol. The summed E-state index contributed by atoms with van der Waals surface area (Å²) in [5, 5.41) is 12.6. The highest BCUT2D eigenvalue weighted by Crippen LogP contribution is 2.35. The minimum atomic E-state index is -0.440. The Bertz CT molecular complexity index is 753. The number of amides is 1. The largest absolute Gasteiger partial charge is 0.506 e. The van der Waals surface area contributed by atoms with Gasteiger partial charge in [0.15, 0.2) is 5.15 Å². The van der Waals surface area contributed by atoms with E-state index in [9.17, 15) is 9.90 Å². The molecule has 122 valence electrons. The van der Waals surface area contributed by atoms with Gasteiger partial charge in [0.1, 0.15) is 11.4 Å². The molecular formula is C15H14Br2ClN3O2. The van der Waals surface area contributed by atoms with Gasteiger partial charge in [-0.05, 0) is 44.0 Å². The summed E-state index contributed by atoms with van der Waals surface area (Å²) in [5.41, 5.74) is 0.977. The molecule has 2 N–H and O–H groups in total. The lowest BCUT2D eigenvalue weighted by molar-refractivity contribution is 0.102. The van der Waals surface area contributed by atoms with Gasteiger partial charge in [-0.15, -0.1) is 0 Å². The van der Waals surface area contributed by atoms with Gasteiger partial charge < -0.3 is 10.4 Å². The molecule has 1 aromatic heterocycles. The maximum atomic E-state index is 12.3. The fraction of sp³-hybridized carbons (Fsp3) is 0.267. The van der Waals surface area contributed by atoms with Gasteiger partial charge in [0.2, 0.25) is 0 Å². The molecule has 0 aliphatic carbocycles. The van der Waals surface area contributed by atoms with Crippen LogP contribution in [0, 0.1) is 0 Å². The number of nitrogens with zero attached hydrogens (tertiary/aromatic N) is 2. The van der Waals surface area contributed by atoms with Gasteiger partial charge in [-0.25, -0.2) is 4.98 Å². The van der Waals surface area contributed by atoms with Gasteiger partial charge in [-0.2, -0.15) is 0 Å². The molecule has 1 heterocycles. The van der Waals surface area contributed by atoms with Crippen molar-refractivity contribution in [1.29, 1.82) is 0 Å². The molecule has 5 nitrogen and oxygen atoms in total. The minimum Gasteiger partial charge on any atom is -0.506 e. The Hall–Kier alpha value is -1.18. The van der Waals surface area contributed by atoms with Crippen molar-refractivity contribution in [3.05, 3.63) is 43.8 Å². The van der Waals surface area contributed by atoms with Crippen LogP contribution in [-0.2, 0) is 5.41 Å². The average molecular weight is 464 g/mol. The zero-order valence-electron chi connectivity index (χ0n) is 12.6. The second-order valence-electron chi connectivity index (χ2n) is 5.89. The number of hydrogen-bond acceptors (Lipinski definition) is 4. The summed E-state index contributed by atoms with van der Waals surface area (Å²) in [6.45, 7) is 5.90.